The van der Waals surface area contributed by atoms with E-state index in [2.05, 4.69) is 242 Å². The fourth-order valence-corrected chi connectivity index (χ4v) is 8.96. The molecular weight excluding hydrogens is 1010 g/mol. The summed E-state index contributed by atoms with van der Waals surface area (Å²) in [4.78, 5) is 10.7. The van der Waals surface area contributed by atoms with E-state index in [-0.39, 0.29) is 53.9 Å². The normalized spacial score (nSPS) is 12.6. The molecule has 0 aliphatic carbocycles. The molecule has 8 rings (SSSR count). The van der Waals surface area contributed by atoms with Crippen molar-refractivity contribution in [3.05, 3.63) is 167 Å². The maximum Gasteiger partial charge on any atom is 0.148 e. The second-order valence-electron chi connectivity index (χ2n) is 23.4. The fraction of sp³-hybridized carbons (Fsp3) is 0.333. The first-order valence-electron chi connectivity index (χ1n) is 24.1. The van der Waals surface area contributed by atoms with Crippen LogP contribution in [-0.2, 0) is 48.1 Å². The molecule has 0 spiro atoms. The monoisotopic (exact) mass is 1080 g/mol. The molecule has 2 heterocycles. The number of nitrogens with zero attached hydrogens (tertiary/aromatic N) is 3. The van der Waals surface area contributed by atoms with Crippen LogP contribution in [0.25, 0.3) is 72.7 Å². The van der Waals surface area contributed by atoms with Crippen molar-refractivity contribution < 1.29 is 26.2 Å². The van der Waals surface area contributed by atoms with Crippen LogP contribution in [0.15, 0.2) is 134 Å². The maximum atomic E-state index is 12.6. The third kappa shape index (κ3) is 9.95. The average Bonchev–Trinajstić information content (AvgIpc) is 3.67. The zero-order chi connectivity index (χ0) is 48.4. The Hall–Kier alpha value is -5.57. The van der Waals surface area contributed by atoms with Crippen molar-refractivity contribution in [2.45, 2.75) is 137 Å². The van der Waals surface area contributed by atoms with Crippen LogP contribution in [0.2, 0.25) is 0 Å². The summed E-state index contributed by atoms with van der Waals surface area (Å²) in [7, 11) is 0. The van der Waals surface area contributed by atoms with Crippen molar-refractivity contribution in [3.63, 3.8) is 0 Å². The van der Waals surface area contributed by atoms with Crippen molar-refractivity contribution in [2.24, 2.45) is 0 Å². The van der Waals surface area contributed by atoms with Crippen LogP contribution in [0.3, 0.4) is 0 Å². The van der Waals surface area contributed by atoms with Gasteiger partial charge >= 0.3 is 0 Å². The molecular formula is C63H70N3OPt-. The van der Waals surface area contributed by atoms with Crippen LogP contribution in [0, 0.1) is 6.07 Å². The summed E-state index contributed by atoms with van der Waals surface area (Å²) in [5.41, 5.74) is 16.8. The van der Waals surface area contributed by atoms with Gasteiger partial charge in [-0.3, -0.25) is 9.55 Å². The van der Waals surface area contributed by atoms with E-state index in [0.717, 1.165) is 78.9 Å². The van der Waals surface area contributed by atoms with Crippen molar-refractivity contribution >= 4 is 11.0 Å². The SMILES string of the molecule is CCC(C)(C)c1ccc(-n2c(-c3cc(C(C)(C)C)cc(C(C)(C)C)c3O)nc3c(-c4[c-]c(-c5cc(-c6ccc(C(C)(C)C)cc6)ccn5)cc(C(C)(C)C)c4)cccc32)c(-c2ccccc2)c1.[Pt]. The molecule has 0 aliphatic rings. The predicted octanol–water partition coefficient (Wildman–Crippen LogP) is 17.1. The third-order valence-electron chi connectivity index (χ3n) is 13.8. The van der Waals surface area contributed by atoms with Gasteiger partial charge in [-0.15, -0.1) is 29.3 Å². The molecule has 0 atom stereocenters. The number of hydrogen-bond acceptors (Lipinski definition) is 3. The summed E-state index contributed by atoms with van der Waals surface area (Å²) in [5, 5.41) is 12.6. The number of rotatable bonds is 8. The average molecular weight is 1080 g/mol. The molecule has 354 valence electrons. The minimum Gasteiger partial charge on any atom is -0.507 e. The molecule has 8 aromatic rings. The number of pyridine rings is 1. The number of fused-ring (bicyclic) bond motifs is 1. The molecule has 5 heteroatoms. The smallest absolute Gasteiger partial charge is 0.148 e. The zero-order valence-corrected chi connectivity index (χ0v) is 45.3. The summed E-state index contributed by atoms with van der Waals surface area (Å²) in [5.74, 6) is 0.946. The van der Waals surface area contributed by atoms with Crippen LogP contribution >= 0.6 is 0 Å². The first kappa shape index (κ1) is 50.3. The van der Waals surface area contributed by atoms with Crippen LogP contribution in [0.1, 0.15) is 138 Å². The van der Waals surface area contributed by atoms with Gasteiger partial charge < -0.3 is 5.11 Å². The topological polar surface area (TPSA) is 50.9 Å². The Bertz CT molecular complexity index is 3110. The molecule has 1 N–H and O–H groups in total. The van der Waals surface area contributed by atoms with E-state index in [1.165, 1.54) is 16.7 Å². The van der Waals surface area contributed by atoms with Crippen LogP contribution in [0.4, 0.5) is 0 Å². The molecule has 0 radical (unpaired) electrons. The molecule has 0 unspecified atom stereocenters. The number of aromatic nitrogens is 3. The number of benzene rings is 6. The Morgan fingerprint density at radius 1 is 0.515 bits per heavy atom. The molecule has 0 bridgehead atoms. The molecule has 0 amide bonds. The summed E-state index contributed by atoms with van der Waals surface area (Å²) in [6.07, 6.45) is 2.91. The third-order valence-corrected chi connectivity index (χ3v) is 13.8. The Morgan fingerprint density at radius 3 is 1.74 bits per heavy atom. The Kier molecular flexibility index (Phi) is 13.6. The van der Waals surface area contributed by atoms with Crippen molar-refractivity contribution in [1.82, 2.24) is 14.5 Å². The predicted molar refractivity (Wildman–Crippen MR) is 285 cm³/mol. The minimum absolute atomic E-state index is 0. The minimum atomic E-state index is -0.329. The van der Waals surface area contributed by atoms with Crippen molar-refractivity contribution in [3.8, 4) is 67.5 Å². The largest absolute Gasteiger partial charge is 0.507 e. The second kappa shape index (κ2) is 18.4. The number of imidazole rings is 1. The van der Waals surface area contributed by atoms with Gasteiger partial charge in [-0.25, -0.2) is 4.98 Å². The molecule has 0 aliphatic heterocycles. The van der Waals surface area contributed by atoms with E-state index < -0.39 is 0 Å². The van der Waals surface area contributed by atoms with Crippen molar-refractivity contribution in [2.75, 3.05) is 0 Å². The number of phenolic OH excluding ortho intramolecular Hbond substituents is 1. The second-order valence-corrected chi connectivity index (χ2v) is 23.4. The van der Waals surface area contributed by atoms with Gasteiger partial charge in [-0.2, -0.15) is 0 Å². The van der Waals surface area contributed by atoms with E-state index in [1.54, 1.807) is 0 Å². The first-order chi connectivity index (χ1) is 31.3. The van der Waals surface area contributed by atoms with Crippen molar-refractivity contribution in [1.29, 1.82) is 0 Å². The Labute approximate surface area is 421 Å². The molecule has 2 aromatic heterocycles. The first-order valence-corrected chi connectivity index (χ1v) is 24.1. The summed E-state index contributed by atoms with van der Waals surface area (Å²) < 4.78 is 2.29. The Balaban J connectivity index is 0.00000684. The molecule has 6 aromatic carbocycles. The molecule has 0 saturated heterocycles. The van der Waals surface area contributed by atoms with Gasteiger partial charge in [-0.1, -0.05) is 200 Å². The van der Waals surface area contributed by atoms with Crippen LogP contribution in [-0.4, -0.2) is 19.6 Å². The number of aromatic hydroxyl groups is 1. The van der Waals surface area contributed by atoms with E-state index in [9.17, 15) is 5.11 Å². The van der Waals surface area contributed by atoms with E-state index in [0.29, 0.717) is 11.4 Å². The van der Waals surface area contributed by atoms with Gasteiger partial charge in [0.25, 0.3) is 0 Å². The van der Waals surface area contributed by atoms with Gasteiger partial charge in [0.15, 0.2) is 0 Å². The summed E-state index contributed by atoms with van der Waals surface area (Å²) in [6, 6.07) is 50.0. The molecule has 0 saturated carbocycles. The standard InChI is InChI=1S/C63H70N3O.Pt/c1-16-63(14,15)46-29-30-54(50(37-46)41-21-18-17-19-22-41)66-55-24-20-23-49(56(55)65-58(66)51-38-48(61(8,9)10)39-52(57(51)67)62(11,12)13)43-33-44(35-47(34-43)60(5,6)7)53-36-42(31-32-64-53)40-25-27-45(28-26-40)59(2,3)4;/h17-32,34-39,67H,16H2,1-15H3;/q-1;. The number of phenols is 1. The fourth-order valence-electron chi connectivity index (χ4n) is 8.96. The molecule has 68 heavy (non-hydrogen) atoms. The molecule has 4 nitrogen and oxygen atoms in total. The van der Waals surface area contributed by atoms with Gasteiger partial charge in [0, 0.05) is 44.1 Å². The van der Waals surface area contributed by atoms with Crippen LogP contribution in [0.5, 0.6) is 5.75 Å². The van der Waals surface area contributed by atoms with E-state index >= 15 is 0 Å². The summed E-state index contributed by atoms with van der Waals surface area (Å²) in [6.45, 7) is 33.6. The van der Waals surface area contributed by atoms with Gasteiger partial charge in [-0.05, 0) is 97.2 Å². The quantitative estimate of drug-likeness (QED) is 0.154. The van der Waals surface area contributed by atoms with E-state index in [4.69, 9.17) is 9.97 Å². The Morgan fingerprint density at radius 2 is 1.12 bits per heavy atom. The number of para-hydroxylation sites is 1. The van der Waals surface area contributed by atoms with Gasteiger partial charge in [0.2, 0.25) is 0 Å². The van der Waals surface area contributed by atoms with E-state index in [1.807, 2.05) is 6.20 Å². The summed E-state index contributed by atoms with van der Waals surface area (Å²) >= 11 is 0. The molecule has 0 fully saturated rings. The zero-order valence-electron chi connectivity index (χ0n) is 43.0. The van der Waals surface area contributed by atoms with Gasteiger partial charge in [0.05, 0.1) is 22.3 Å². The number of hydrogen-bond donors (Lipinski definition) is 1. The van der Waals surface area contributed by atoms with Gasteiger partial charge in [0.1, 0.15) is 11.6 Å². The van der Waals surface area contributed by atoms with Crippen LogP contribution < -0.4 is 0 Å². The maximum absolute atomic E-state index is 12.6.